The molecule has 1 aromatic rings. The average Bonchev–Trinajstić information content (AvgIpc) is 3.49. The predicted molar refractivity (Wildman–Crippen MR) is 149 cm³/mol. The van der Waals surface area contributed by atoms with Crippen LogP contribution in [0.4, 0.5) is 11.4 Å². The molecule has 3 fully saturated rings. The number of aliphatic hydroxyl groups excluding tert-OH is 1. The number of aliphatic hydroxyl groups is 1. The predicted octanol–water partition coefficient (Wildman–Crippen LogP) is 2.96. The lowest BCUT2D eigenvalue weighted by molar-refractivity contribution is -0.143. The normalized spacial score (nSPS) is 31.7. The van der Waals surface area contributed by atoms with E-state index in [1.54, 1.807) is 23.7 Å². The Labute approximate surface area is 224 Å². The van der Waals surface area contributed by atoms with E-state index in [4.69, 9.17) is 0 Å². The number of rotatable bonds is 10. The molecule has 0 aromatic heterocycles. The zero-order valence-corrected chi connectivity index (χ0v) is 23.7. The second kappa shape index (κ2) is 10.8. The molecule has 3 saturated heterocycles. The van der Waals surface area contributed by atoms with E-state index in [0.29, 0.717) is 5.69 Å². The van der Waals surface area contributed by atoms with Gasteiger partial charge in [-0.3, -0.25) is 14.4 Å². The molecule has 2 bridgehead atoms. The first-order valence-corrected chi connectivity index (χ1v) is 14.6. The fraction of sp³-hybridized carbons (Fsp3) is 0.679. The van der Waals surface area contributed by atoms with Crippen LogP contribution in [0.15, 0.2) is 24.3 Å². The molecular weight excluding hydrogens is 488 g/mol. The Kier molecular flexibility index (Phi) is 8.14. The van der Waals surface area contributed by atoms with Gasteiger partial charge in [-0.15, -0.1) is 11.8 Å². The highest BCUT2D eigenvalue weighted by Crippen LogP contribution is 2.69. The standard InChI is InChI=1S/C28H42N4O4S/c1-7-16(4)20(15-33)32-24(26(35)30-18-10-12-19(13-11-18)31(8-2)9-3)28-17(5)14-21(37-28)22(25(34)29-6)23(28)27(32)36/h10-13,16-17,20-24,33H,7-9,14-15H2,1-6H3,(H,29,34)(H,30,35)/t16-,17?,20-,21+,22-,23-,24?,28?/m0/s1. The number of thioether (sulfide) groups is 1. The average molecular weight is 531 g/mol. The van der Waals surface area contributed by atoms with Gasteiger partial charge in [0.25, 0.3) is 0 Å². The van der Waals surface area contributed by atoms with Gasteiger partial charge >= 0.3 is 0 Å². The first-order chi connectivity index (χ1) is 17.7. The van der Waals surface area contributed by atoms with Crippen LogP contribution in [-0.2, 0) is 14.4 Å². The number of hydrogen-bond donors (Lipinski definition) is 3. The van der Waals surface area contributed by atoms with Crippen LogP contribution < -0.4 is 15.5 Å². The lowest BCUT2D eigenvalue weighted by atomic mass is 9.66. The zero-order valence-electron chi connectivity index (χ0n) is 22.9. The van der Waals surface area contributed by atoms with Crippen molar-refractivity contribution in [1.82, 2.24) is 10.2 Å². The highest BCUT2D eigenvalue weighted by Gasteiger charge is 2.76. The Morgan fingerprint density at radius 1 is 1.19 bits per heavy atom. The van der Waals surface area contributed by atoms with Gasteiger partial charge < -0.3 is 25.5 Å². The van der Waals surface area contributed by atoms with Crippen molar-refractivity contribution in [3.63, 3.8) is 0 Å². The summed E-state index contributed by atoms with van der Waals surface area (Å²) in [7, 11) is 1.61. The maximum absolute atomic E-state index is 14.2. The van der Waals surface area contributed by atoms with Gasteiger partial charge in [-0.25, -0.2) is 0 Å². The summed E-state index contributed by atoms with van der Waals surface area (Å²) in [6, 6.07) is 6.54. The SMILES string of the molecule is CC[C@H](C)[C@H](CO)N1C(=O)[C@@H]2[C@@H](C(=O)NC)[C@H]3CC(C)C2(S3)C1C(=O)Nc1ccc(N(CC)CC)cc1. The van der Waals surface area contributed by atoms with Gasteiger partial charge in [-0.05, 0) is 56.4 Å². The minimum atomic E-state index is -0.765. The molecule has 9 heteroatoms. The summed E-state index contributed by atoms with van der Waals surface area (Å²) in [4.78, 5) is 45.2. The first-order valence-electron chi connectivity index (χ1n) is 13.7. The topological polar surface area (TPSA) is 102 Å². The van der Waals surface area contributed by atoms with E-state index in [1.165, 1.54) is 0 Å². The van der Waals surface area contributed by atoms with Crippen molar-refractivity contribution in [2.45, 2.75) is 69.5 Å². The summed E-state index contributed by atoms with van der Waals surface area (Å²) in [6.07, 6.45) is 1.55. The van der Waals surface area contributed by atoms with Gasteiger partial charge in [-0.1, -0.05) is 27.2 Å². The van der Waals surface area contributed by atoms with E-state index < -0.39 is 28.7 Å². The molecule has 0 radical (unpaired) electrons. The molecule has 8 nitrogen and oxygen atoms in total. The number of nitrogens with one attached hydrogen (secondary N) is 2. The van der Waals surface area contributed by atoms with E-state index in [0.717, 1.165) is 31.6 Å². The molecule has 3 amide bonds. The quantitative estimate of drug-likeness (QED) is 0.430. The Morgan fingerprint density at radius 3 is 2.38 bits per heavy atom. The van der Waals surface area contributed by atoms with Crippen molar-refractivity contribution in [1.29, 1.82) is 0 Å². The minimum absolute atomic E-state index is 0.00351. The third-order valence-electron chi connectivity index (χ3n) is 9.09. The van der Waals surface area contributed by atoms with Crippen molar-refractivity contribution in [2.75, 3.05) is 37.0 Å². The summed E-state index contributed by atoms with van der Waals surface area (Å²) in [5, 5.41) is 16.3. The van der Waals surface area contributed by atoms with Crippen molar-refractivity contribution in [3.05, 3.63) is 24.3 Å². The van der Waals surface area contributed by atoms with E-state index in [9.17, 15) is 19.5 Å². The van der Waals surface area contributed by atoms with Crippen molar-refractivity contribution >= 4 is 40.9 Å². The van der Waals surface area contributed by atoms with Crippen LogP contribution in [0.25, 0.3) is 0 Å². The highest BCUT2D eigenvalue weighted by atomic mass is 32.2. The number of amides is 3. The second-order valence-electron chi connectivity index (χ2n) is 10.8. The summed E-state index contributed by atoms with van der Waals surface area (Å²) in [5.74, 6) is -1.52. The number of nitrogens with zero attached hydrogens (tertiary/aromatic N) is 2. The summed E-state index contributed by atoms with van der Waals surface area (Å²) in [5.41, 5.74) is 1.76. The second-order valence-corrected chi connectivity index (χ2v) is 12.3. The highest BCUT2D eigenvalue weighted by molar-refractivity contribution is 8.02. The number of benzene rings is 1. The molecule has 4 rings (SSSR count). The molecule has 0 saturated carbocycles. The molecular formula is C28H42N4O4S. The van der Waals surface area contributed by atoms with E-state index in [-0.39, 0.29) is 41.4 Å². The van der Waals surface area contributed by atoms with E-state index in [2.05, 4.69) is 36.3 Å². The molecule has 1 spiro atoms. The molecule has 204 valence electrons. The number of fused-ring (bicyclic) bond motifs is 1. The number of carbonyl (C=O) groups is 3. The van der Waals surface area contributed by atoms with E-state index in [1.807, 2.05) is 38.1 Å². The van der Waals surface area contributed by atoms with Crippen LogP contribution in [-0.4, -0.2) is 76.6 Å². The maximum atomic E-state index is 14.2. The van der Waals surface area contributed by atoms with Crippen molar-refractivity contribution in [2.24, 2.45) is 23.7 Å². The Bertz CT molecular complexity index is 1020. The largest absolute Gasteiger partial charge is 0.394 e. The number of likely N-dealkylation sites (tertiary alicyclic amines) is 1. The lowest BCUT2D eigenvalue weighted by Gasteiger charge is -2.41. The smallest absolute Gasteiger partial charge is 0.248 e. The van der Waals surface area contributed by atoms with Crippen LogP contribution in [0, 0.1) is 23.7 Å². The Hall–Kier alpha value is -2.26. The molecule has 0 aliphatic carbocycles. The van der Waals surface area contributed by atoms with Crippen molar-refractivity contribution < 1.29 is 19.5 Å². The number of hydrogen-bond acceptors (Lipinski definition) is 6. The molecule has 3 N–H and O–H groups in total. The van der Waals surface area contributed by atoms with E-state index >= 15 is 0 Å². The molecule has 3 aliphatic heterocycles. The van der Waals surface area contributed by atoms with Gasteiger partial charge in [0.1, 0.15) is 6.04 Å². The molecule has 3 heterocycles. The van der Waals surface area contributed by atoms with Crippen LogP contribution in [0.3, 0.4) is 0 Å². The van der Waals surface area contributed by atoms with Gasteiger partial charge in [-0.2, -0.15) is 0 Å². The maximum Gasteiger partial charge on any atom is 0.248 e. The van der Waals surface area contributed by atoms with Gasteiger partial charge in [0, 0.05) is 36.8 Å². The molecule has 37 heavy (non-hydrogen) atoms. The number of carbonyl (C=O) groups excluding carboxylic acids is 3. The Balaban J connectivity index is 1.73. The molecule has 8 atom stereocenters. The van der Waals surface area contributed by atoms with Crippen LogP contribution in [0.2, 0.25) is 0 Å². The summed E-state index contributed by atoms with van der Waals surface area (Å²) in [6.45, 7) is 11.9. The van der Waals surface area contributed by atoms with Crippen molar-refractivity contribution in [3.8, 4) is 0 Å². The van der Waals surface area contributed by atoms with Gasteiger partial charge in [0.15, 0.2) is 0 Å². The fourth-order valence-electron chi connectivity index (χ4n) is 6.95. The van der Waals surface area contributed by atoms with Gasteiger partial charge in [0.05, 0.1) is 29.2 Å². The summed E-state index contributed by atoms with van der Waals surface area (Å²) >= 11 is 1.65. The third-order valence-corrected chi connectivity index (χ3v) is 11.2. The molecule has 1 aromatic carbocycles. The third kappa shape index (κ3) is 4.32. The summed E-state index contributed by atoms with van der Waals surface area (Å²) < 4.78 is -0.703. The molecule has 3 aliphatic rings. The fourth-order valence-corrected chi connectivity index (χ4v) is 9.36. The zero-order chi connectivity index (χ0) is 27.1. The lowest BCUT2D eigenvalue weighted by Crippen LogP contribution is -2.58. The monoisotopic (exact) mass is 530 g/mol. The van der Waals surface area contributed by atoms with Gasteiger partial charge in [0.2, 0.25) is 17.7 Å². The van der Waals surface area contributed by atoms with Crippen LogP contribution in [0.1, 0.15) is 47.5 Å². The molecule has 3 unspecified atom stereocenters. The Morgan fingerprint density at radius 2 is 1.84 bits per heavy atom. The first kappa shape index (κ1) is 27.8. The van der Waals surface area contributed by atoms with Crippen LogP contribution >= 0.6 is 11.8 Å². The number of anilines is 2. The van der Waals surface area contributed by atoms with Crippen LogP contribution in [0.5, 0.6) is 0 Å². The minimum Gasteiger partial charge on any atom is -0.394 e.